The highest BCUT2D eigenvalue weighted by Crippen LogP contribution is 2.20. The number of rotatable bonds is 8. The molecule has 0 amide bonds. The maximum Gasteiger partial charge on any atom is 0.333 e. The lowest BCUT2D eigenvalue weighted by atomic mass is 9.95. The third kappa shape index (κ3) is 7.53. The number of carbonyl (C=O) groups is 2. The molecule has 0 heterocycles. The highest BCUT2D eigenvalue weighted by molar-refractivity contribution is 5.86. The van der Waals surface area contributed by atoms with Crippen molar-refractivity contribution in [3.8, 4) is 0 Å². The maximum atomic E-state index is 11.5. The standard InChI is InChI=1S/C15H24O7/c1-10(2)15(19)22-8-12(17)7-21-14(18)9-20-13-5-3-11(16)4-6-13/h11-13,16-17H,1,3-9H2,2H3. The largest absolute Gasteiger partial charge is 0.461 e. The van der Waals surface area contributed by atoms with Gasteiger partial charge in [0.1, 0.15) is 25.9 Å². The first-order valence-corrected chi connectivity index (χ1v) is 7.34. The Labute approximate surface area is 129 Å². The molecule has 1 rings (SSSR count). The van der Waals surface area contributed by atoms with Crippen LogP contribution < -0.4 is 0 Å². The first-order valence-electron chi connectivity index (χ1n) is 7.34. The van der Waals surface area contributed by atoms with Gasteiger partial charge in [0.05, 0.1) is 12.2 Å². The molecule has 0 bridgehead atoms. The van der Waals surface area contributed by atoms with Gasteiger partial charge in [0.2, 0.25) is 0 Å². The number of hydrogen-bond donors (Lipinski definition) is 2. The van der Waals surface area contributed by atoms with Crippen LogP contribution in [0.3, 0.4) is 0 Å². The minimum atomic E-state index is -1.09. The Bertz CT molecular complexity index is 385. The van der Waals surface area contributed by atoms with E-state index in [-0.39, 0.29) is 37.6 Å². The number of aliphatic hydroxyl groups excluding tert-OH is 2. The van der Waals surface area contributed by atoms with Gasteiger partial charge in [-0.2, -0.15) is 0 Å². The first-order chi connectivity index (χ1) is 10.4. The van der Waals surface area contributed by atoms with Crippen molar-refractivity contribution in [1.82, 2.24) is 0 Å². The van der Waals surface area contributed by atoms with Gasteiger partial charge in [-0.15, -0.1) is 0 Å². The number of hydrogen-bond acceptors (Lipinski definition) is 7. The topological polar surface area (TPSA) is 102 Å². The molecule has 7 heteroatoms. The fourth-order valence-corrected chi connectivity index (χ4v) is 1.97. The number of esters is 2. The van der Waals surface area contributed by atoms with Crippen molar-refractivity contribution < 1.29 is 34.0 Å². The Morgan fingerprint density at radius 1 is 1.18 bits per heavy atom. The lowest BCUT2D eigenvalue weighted by molar-refractivity contribution is -0.157. The van der Waals surface area contributed by atoms with Crippen molar-refractivity contribution in [2.24, 2.45) is 0 Å². The van der Waals surface area contributed by atoms with Crippen LogP contribution in [0, 0.1) is 0 Å². The number of aliphatic hydroxyl groups is 2. The minimum absolute atomic E-state index is 0.0441. The fraction of sp³-hybridized carbons (Fsp3) is 0.733. The molecule has 2 N–H and O–H groups in total. The maximum absolute atomic E-state index is 11.5. The molecule has 22 heavy (non-hydrogen) atoms. The van der Waals surface area contributed by atoms with Gasteiger partial charge in [-0.3, -0.25) is 0 Å². The third-order valence-corrected chi connectivity index (χ3v) is 3.27. The Morgan fingerprint density at radius 3 is 2.36 bits per heavy atom. The summed E-state index contributed by atoms with van der Waals surface area (Å²) in [5.41, 5.74) is 0.232. The molecular weight excluding hydrogens is 292 g/mol. The van der Waals surface area contributed by atoms with Crippen molar-refractivity contribution in [2.75, 3.05) is 19.8 Å². The molecule has 1 fully saturated rings. The molecule has 7 nitrogen and oxygen atoms in total. The summed E-state index contributed by atoms with van der Waals surface area (Å²) in [4.78, 5) is 22.6. The fourth-order valence-electron chi connectivity index (χ4n) is 1.97. The second-order valence-corrected chi connectivity index (χ2v) is 5.46. The van der Waals surface area contributed by atoms with Gasteiger partial charge in [-0.05, 0) is 32.6 Å². The Hall–Kier alpha value is -1.44. The molecule has 126 valence electrons. The van der Waals surface area contributed by atoms with E-state index < -0.39 is 18.0 Å². The van der Waals surface area contributed by atoms with Gasteiger partial charge in [0.15, 0.2) is 0 Å². The molecule has 0 aromatic carbocycles. The molecule has 1 saturated carbocycles. The molecular formula is C15H24O7. The summed E-state index contributed by atoms with van der Waals surface area (Å²) in [6.45, 7) is 4.18. The van der Waals surface area contributed by atoms with Crippen LogP contribution in [-0.2, 0) is 23.8 Å². The number of carbonyl (C=O) groups excluding carboxylic acids is 2. The Morgan fingerprint density at radius 2 is 1.77 bits per heavy atom. The van der Waals surface area contributed by atoms with Gasteiger partial charge in [-0.1, -0.05) is 6.58 Å². The molecule has 0 aliphatic heterocycles. The first kappa shape index (κ1) is 18.6. The average molecular weight is 316 g/mol. The second kappa shape index (κ2) is 9.55. The average Bonchev–Trinajstić information content (AvgIpc) is 2.49. The second-order valence-electron chi connectivity index (χ2n) is 5.46. The van der Waals surface area contributed by atoms with Crippen LogP contribution in [0.25, 0.3) is 0 Å². The quantitative estimate of drug-likeness (QED) is 0.491. The molecule has 1 aliphatic carbocycles. The van der Waals surface area contributed by atoms with Crippen LogP contribution in [0.15, 0.2) is 12.2 Å². The van der Waals surface area contributed by atoms with E-state index in [0.29, 0.717) is 25.7 Å². The highest BCUT2D eigenvalue weighted by atomic mass is 16.6. The zero-order valence-electron chi connectivity index (χ0n) is 12.8. The van der Waals surface area contributed by atoms with E-state index >= 15 is 0 Å². The van der Waals surface area contributed by atoms with Gasteiger partial charge in [-0.25, -0.2) is 9.59 Å². The van der Waals surface area contributed by atoms with Gasteiger partial charge in [0.25, 0.3) is 0 Å². The van der Waals surface area contributed by atoms with Crippen LogP contribution in [0.5, 0.6) is 0 Å². The van der Waals surface area contributed by atoms with E-state index in [4.69, 9.17) is 14.2 Å². The normalized spacial score (nSPS) is 22.7. The minimum Gasteiger partial charge on any atom is -0.461 e. The summed E-state index contributed by atoms with van der Waals surface area (Å²) in [6, 6.07) is 0. The van der Waals surface area contributed by atoms with E-state index in [2.05, 4.69) is 6.58 Å². The molecule has 0 aromatic rings. The molecule has 1 atom stereocenters. The molecule has 1 aliphatic rings. The predicted molar refractivity (Wildman–Crippen MR) is 77.0 cm³/mol. The Balaban J connectivity index is 2.09. The predicted octanol–water partition coefficient (Wildman–Crippen LogP) is 0.330. The van der Waals surface area contributed by atoms with Crippen molar-refractivity contribution in [3.05, 3.63) is 12.2 Å². The third-order valence-electron chi connectivity index (χ3n) is 3.27. The monoisotopic (exact) mass is 316 g/mol. The zero-order valence-corrected chi connectivity index (χ0v) is 12.8. The molecule has 0 radical (unpaired) electrons. The SMILES string of the molecule is C=C(C)C(=O)OCC(O)COC(=O)COC1CCC(O)CC1. The highest BCUT2D eigenvalue weighted by Gasteiger charge is 2.21. The molecule has 0 spiro atoms. The van der Waals surface area contributed by atoms with Crippen molar-refractivity contribution in [1.29, 1.82) is 0 Å². The van der Waals surface area contributed by atoms with Gasteiger partial charge in [0, 0.05) is 5.57 Å². The number of ether oxygens (including phenoxy) is 3. The van der Waals surface area contributed by atoms with E-state index in [9.17, 15) is 19.8 Å². The van der Waals surface area contributed by atoms with Crippen LogP contribution in [0.4, 0.5) is 0 Å². The van der Waals surface area contributed by atoms with E-state index in [1.54, 1.807) is 0 Å². The van der Waals surface area contributed by atoms with Crippen LogP contribution in [0.1, 0.15) is 32.6 Å². The van der Waals surface area contributed by atoms with E-state index in [1.807, 2.05) is 0 Å². The molecule has 1 unspecified atom stereocenters. The van der Waals surface area contributed by atoms with Crippen molar-refractivity contribution in [2.45, 2.75) is 50.9 Å². The summed E-state index contributed by atoms with van der Waals surface area (Å²) in [5.74, 6) is -1.19. The summed E-state index contributed by atoms with van der Waals surface area (Å²) in [7, 11) is 0. The smallest absolute Gasteiger partial charge is 0.333 e. The Kier molecular flexibility index (Phi) is 8.08. The molecule has 0 aromatic heterocycles. The summed E-state index contributed by atoms with van der Waals surface area (Å²) in [5, 5.41) is 18.9. The van der Waals surface area contributed by atoms with Crippen LogP contribution in [-0.4, -0.2) is 60.3 Å². The van der Waals surface area contributed by atoms with Gasteiger partial charge >= 0.3 is 11.9 Å². The molecule has 0 saturated heterocycles. The summed E-state index contributed by atoms with van der Waals surface area (Å²) >= 11 is 0. The zero-order chi connectivity index (χ0) is 16.5. The van der Waals surface area contributed by atoms with E-state index in [0.717, 1.165) is 0 Å². The van der Waals surface area contributed by atoms with Crippen molar-refractivity contribution >= 4 is 11.9 Å². The summed E-state index contributed by atoms with van der Waals surface area (Å²) in [6.07, 6.45) is 1.37. The van der Waals surface area contributed by atoms with Crippen molar-refractivity contribution in [3.63, 3.8) is 0 Å². The van der Waals surface area contributed by atoms with E-state index in [1.165, 1.54) is 6.92 Å². The van der Waals surface area contributed by atoms with Crippen LogP contribution >= 0.6 is 0 Å². The summed E-state index contributed by atoms with van der Waals surface area (Å²) < 4.78 is 15.0. The lowest BCUT2D eigenvalue weighted by Crippen LogP contribution is -2.29. The lowest BCUT2D eigenvalue weighted by Gasteiger charge is -2.25. The van der Waals surface area contributed by atoms with Gasteiger partial charge < -0.3 is 24.4 Å². The van der Waals surface area contributed by atoms with Crippen LogP contribution in [0.2, 0.25) is 0 Å².